The van der Waals surface area contributed by atoms with Gasteiger partial charge in [-0.05, 0) is 35.4 Å². The van der Waals surface area contributed by atoms with Crippen LogP contribution >= 0.6 is 0 Å². The molecule has 30 heavy (non-hydrogen) atoms. The maximum absolute atomic E-state index is 12.0. The summed E-state index contributed by atoms with van der Waals surface area (Å²) in [4.78, 5) is 20.9. The number of carbonyl (C=O) groups is 2. The van der Waals surface area contributed by atoms with Crippen molar-refractivity contribution in [3.05, 3.63) is 47.5 Å². The van der Waals surface area contributed by atoms with Gasteiger partial charge in [0, 0.05) is 12.8 Å². The number of carboxylic acid groups (broad SMARTS) is 2. The first-order chi connectivity index (χ1) is 14.1. The van der Waals surface area contributed by atoms with Gasteiger partial charge in [-0.2, -0.15) is 0 Å². The molecule has 8 N–H and O–H groups in total. The fraction of sp³-hybridized carbons (Fsp3) is 0.222. The summed E-state index contributed by atoms with van der Waals surface area (Å²) in [6.07, 6.45) is -0.251. The summed E-state index contributed by atoms with van der Waals surface area (Å²) in [6.45, 7) is 0. The summed E-state index contributed by atoms with van der Waals surface area (Å²) >= 11 is 0. The maximum Gasteiger partial charge on any atom is 0.323 e. The first-order valence-corrected chi connectivity index (χ1v) is 8.28. The zero-order valence-electron chi connectivity index (χ0n) is 15.3. The van der Waals surface area contributed by atoms with Gasteiger partial charge in [0.2, 0.25) is 0 Å². The highest BCUT2D eigenvalue weighted by Crippen LogP contribution is 2.26. The Hall–Kier alpha value is -3.64. The molecule has 0 spiro atoms. The van der Waals surface area contributed by atoms with Crippen LogP contribution in [0.1, 0.15) is 11.1 Å². The van der Waals surface area contributed by atoms with Crippen molar-refractivity contribution in [1.29, 1.82) is 0 Å². The van der Waals surface area contributed by atoms with Gasteiger partial charge in [-0.25, -0.2) is 0 Å². The first-order valence-electron chi connectivity index (χ1n) is 8.28. The molecule has 0 aromatic heterocycles. The molecule has 0 bridgehead atoms. The van der Waals surface area contributed by atoms with Gasteiger partial charge in [-0.1, -0.05) is 12.1 Å². The van der Waals surface area contributed by atoms with Crippen molar-refractivity contribution in [1.82, 2.24) is 11.1 Å². The molecular formula is C18H20F2N2O8. The molecule has 0 amide bonds. The van der Waals surface area contributed by atoms with Crippen molar-refractivity contribution in [2.24, 2.45) is 0 Å². The highest BCUT2D eigenvalue weighted by Gasteiger charge is 2.18. The Morgan fingerprint density at radius 2 is 1.03 bits per heavy atom. The third-order valence-corrected chi connectivity index (χ3v) is 3.82. The molecule has 0 heterocycles. The molecule has 0 radical (unpaired) electrons. The number of rotatable bonds is 8. The molecule has 12 heteroatoms. The van der Waals surface area contributed by atoms with E-state index in [4.69, 9.17) is 30.6 Å². The molecule has 10 nitrogen and oxygen atoms in total. The van der Waals surface area contributed by atoms with Crippen LogP contribution in [-0.4, -0.2) is 54.7 Å². The Morgan fingerprint density at radius 1 is 0.700 bits per heavy atom. The summed E-state index contributed by atoms with van der Waals surface area (Å²) in [5.41, 5.74) is 3.09. The van der Waals surface area contributed by atoms with Gasteiger partial charge in [-0.3, -0.25) is 9.59 Å². The minimum Gasteiger partial charge on any atom is -0.504 e. The Labute approximate surface area is 168 Å². The third kappa shape index (κ3) is 7.41. The lowest BCUT2D eigenvalue weighted by Gasteiger charge is -2.09. The van der Waals surface area contributed by atoms with Crippen molar-refractivity contribution < 1.29 is 49.2 Å². The summed E-state index contributed by atoms with van der Waals surface area (Å²) in [7, 11) is 0. The standard InChI is InChI=1S/2C9H10FNO4/c2*10-11-6(9(14)15)3-5-1-2-7(12)8(13)4-5/h2*1-2,4,6,11-13H,3H2,(H,14,15)/t2*6-/m00/s1/i2*10-1. The molecule has 0 aliphatic carbocycles. The van der Waals surface area contributed by atoms with Crippen LogP contribution in [0.15, 0.2) is 36.4 Å². The lowest BCUT2D eigenvalue weighted by molar-refractivity contribution is -0.141. The van der Waals surface area contributed by atoms with Gasteiger partial charge in [0.25, 0.3) is 0 Å². The lowest BCUT2D eigenvalue weighted by atomic mass is 10.1. The third-order valence-electron chi connectivity index (χ3n) is 3.82. The van der Waals surface area contributed by atoms with E-state index in [1.165, 1.54) is 36.4 Å². The van der Waals surface area contributed by atoms with Gasteiger partial charge in [0.1, 0.15) is 12.1 Å². The molecule has 0 saturated heterocycles. The minimum atomic E-state index is -1.37. The van der Waals surface area contributed by atoms with Crippen LogP contribution in [0.3, 0.4) is 0 Å². The Bertz CT molecular complexity index is 810. The summed E-state index contributed by atoms with van der Waals surface area (Å²) < 4.78 is 24.1. The molecule has 0 aliphatic rings. The van der Waals surface area contributed by atoms with E-state index < -0.39 is 24.0 Å². The number of hydrogen-bond donors (Lipinski definition) is 8. The average molecular weight is 428 g/mol. The van der Waals surface area contributed by atoms with E-state index in [9.17, 15) is 18.6 Å². The maximum atomic E-state index is 12.0. The van der Waals surface area contributed by atoms with Crippen LogP contribution in [0.4, 0.5) is 8.96 Å². The molecule has 2 atom stereocenters. The number of aromatic hydroxyl groups is 4. The molecule has 2 aromatic carbocycles. The van der Waals surface area contributed by atoms with Crippen molar-refractivity contribution in [2.45, 2.75) is 24.9 Å². The van der Waals surface area contributed by atoms with E-state index in [0.29, 0.717) is 11.1 Å². The summed E-state index contributed by atoms with van der Waals surface area (Å²) in [5.74, 6) is -4.00. The predicted octanol–water partition coefficient (Wildman–Crippen LogP) is 1.14. The zero-order valence-corrected chi connectivity index (χ0v) is 15.3. The number of carboxylic acids is 2. The smallest absolute Gasteiger partial charge is 0.323 e. The van der Waals surface area contributed by atoms with Crippen LogP contribution in [0.5, 0.6) is 23.0 Å². The Balaban J connectivity index is 0.000000300. The SMILES string of the molecule is O=C(O)[C@H](Cc1ccc(O)c(O)c1)N[18F].O=C(O)[C@H](Cc1ccc(O)c(O)c1)N[18F]. The van der Waals surface area contributed by atoms with E-state index in [1.807, 2.05) is 0 Å². The van der Waals surface area contributed by atoms with Crippen LogP contribution in [0.2, 0.25) is 0 Å². The van der Waals surface area contributed by atoms with Crippen LogP contribution in [-0.2, 0) is 22.4 Å². The van der Waals surface area contributed by atoms with Gasteiger partial charge < -0.3 is 30.6 Å². The molecule has 0 aliphatic heterocycles. The number of aliphatic carboxylic acids is 2. The summed E-state index contributed by atoms with van der Waals surface area (Å²) in [6, 6.07) is 4.86. The predicted molar refractivity (Wildman–Crippen MR) is 98.3 cm³/mol. The molecule has 2 aromatic rings. The second-order valence-electron chi connectivity index (χ2n) is 6.05. The number of benzene rings is 2. The van der Waals surface area contributed by atoms with E-state index in [2.05, 4.69) is 0 Å². The highest BCUT2D eigenvalue weighted by atomic mass is 18.2. The van der Waals surface area contributed by atoms with E-state index >= 15 is 0 Å². The van der Waals surface area contributed by atoms with Crippen LogP contribution < -0.4 is 11.1 Å². The fourth-order valence-electron chi connectivity index (χ4n) is 2.21. The minimum absolute atomic E-state index is 0.125. The van der Waals surface area contributed by atoms with E-state index in [1.54, 1.807) is 0 Å². The highest BCUT2D eigenvalue weighted by molar-refractivity contribution is 5.74. The van der Waals surface area contributed by atoms with Gasteiger partial charge in [0.05, 0.1) is 0 Å². The van der Waals surface area contributed by atoms with Crippen LogP contribution in [0, 0.1) is 0 Å². The van der Waals surface area contributed by atoms with E-state index in [-0.39, 0.29) is 35.8 Å². The molecule has 2 rings (SSSR count). The number of phenols is 4. The van der Waals surface area contributed by atoms with E-state index in [0.717, 1.165) is 11.1 Å². The largest absolute Gasteiger partial charge is 0.504 e. The monoisotopic (exact) mass is 428 g/mol. The van der Waals surface area contributed by atoms with Crippen LogP contribution in [0.25, 0.3) is 0 Å². The van der Waals surface area contributed by atoms with Gasteiger partial charge in [-0.15, -0.1) is 20.0 Å². The lowest BCUT2D eigenvalue weighted by Crippen LogP contribution is -2.33. The molecule has 164 valence electrons. The van der Waals surface area contributed by atoms with Crippen molar-refractivity contribution in [2.75, 3.05) is 0 Å². The Morgan fingerprint density at radius 3 is 1.27 bits per heavy atom. The Kier molecular flexibility index (Phi) is 9.26. The summed E-state index contributed by atoms with van der Waals surface area (Å²) in [5, 5.41) is 53.3. The fourth-order valence-corrected chi connectivity index (χ4v) is 2.21. The first kappa shape index (κ1) is 24.4. The molecule has 0 unspecified atom stereocenters. The topological polar surface area (TPSA) is 180 Å². The molecular weight excluding hydrogens is 408 g/mol. The molecule has 0 fully saturated rings. The normalized spacial score (nSPS) is 12.3. The van der Waals surface area contributed by atoms with Gasteiger partial charge in [0.15, 0.2) is 23.0 Å². The van der Waals surface area contributed by atoms with Crippen molar-refractivity contribution >= 4 is 11.9 Å². The second kappa shape index (κ2) is 11.4. The number of phenolic OH excluding ortho intramolecular Hbond substituents is 4. The number of nitrogens with one attached hydrogen (secondary N) is 2. The molecule has 0 saturated carbocycles. The average Bonchev–Trinajstić information content (AvgIpc) is 2.69. The van der Waals surface area contributed by atoms with Gasteiger partial charge >= 0.3 is 11.9 Å². The number of hydrogen-bond acceptors (Lipinski definition) is 8. The second-order valence-corrected chi connectivity index (χ2v) is 6.05. The van der Waals surface area contributed by atoms with Crippen molar-refractivity contribution in [3.8, 4) is 23.0 Å². The number of halogens is 2. The zero-order chi connectivity index (χ0) is 22.8. The quantitative estimate of drug-likeness (QED) is 0.224. The van der Waals surface area contributed by atoms with Crippen molar-refractivity contribution in [3.63, 3.8) is 0 Å².